The van der Waals surface area contributed by atoms with Crippen LogP contribution in [0.2, 0.25) is 5.15 Å². The lowest BCUT2D eigenvalue weighted by Crippen LogP contribution is -1.98. The van der Waals surface area contributed by atoms with Gasteiger partial charge in [0.05, 0.1) is 17.7 Å². The molecule has 1 aromatic heterocycles. The fourth-order valence-corrected chi connectivity index (χ4v) is 1.02. The van der Waals surface area contributed by atoms with Crippen LogP contribution in [0, 0.1) is 11.8 Å². The van der Waals surface area contributed by atoms with E-state index in [2.05, 4.69) is 16.8 Å². The Morgan fingerprint density at radius 3 is 2.93 bits per heavy atom. The molecule has 2 N–H and O–H groups in total. The van der Waals surface area contributed by atoms with Crippen LogP contribution in [0.4, 0.5) is 0 Å². The summed E-state index contributed by atoms with van der Waals surface area (Å²) in [6.07, 6.45) is 1.48. The third-order valence-electron chi connectivity index (χ3n) is 1.55. The van der Waals surface area contributed by atoms with Gasteiger partial charge in [-0.15, -0.1) is 0 Å². The number of halogens is 1. The van der Waals surface area contributed by atoms with Gasteiger partial charge in [0.15, 0.2) is 0 Å². The summed E-state index contributed by atoms with van der Waals surface area (Å²) in [6.45, 7) is -0.0450. The van der Waals surface area contributed by atoms with E-state index in [0.717, 1.165) is 0 Å². The summed E-state index contributed by atoms with van der Waals surface area (Å²) < 4.78 is 0. The van der Waals surface area contributed by atoms with E-state index < -0.39 is 5.97 Å². The molecule has 1 rings (SSSR count). The summed E-state index contributed by atoms with van der Waals surface area (Å²) in [5, 5.41) is 17.4. The fraction of sp³-hybridized carbons (Fsp3) is 0.200. The molecule has 0 unspecified atom stereocenters. The summed E-state index contributed by atoms with van der Waals surface area (Å²) in [4.78, 5) is 14.3. The Bertz CT molecular complexity index is 434. The second-order valence-electron chi connectivity index (χ2n) is 2.64. The van der Waals surface area contributed by atoms with Crippen molar-refractivity contribution < 1.29 is 15.0 Å². The zero-order valence-corrected chi connectivity index (χ0v) is 8.45. The number of pyridine rings is 1. The van der Waals surface area contributed by atoms with E-state index in [1.165, 1.54) is 12.3 Å². The van der Waals surface area contributed by atoms with Gasteiger partial charge in [-0.25, -0.2) is 9.78 Å². The number of aromatic nitrogens is 1. The maximum absolute atomic E-state index is 10.6. The minimum atomic E-state index is -1.08. The van der Waals surface area contributed by atoms with Crippen LogP contribution in [0.5, 0.6) is 0 Å². The molecule has 0 atom stereocenters. The quantitative estimate of drug-likeness (QED) is 0.586. The molecule has 0 aliphatic rings. The van der Waals surface area contributed by atoms with Gasteiger partial charge >= 0.3 is 5.97 Å². The number of aliphatic hydroxyl groups is 1. The van der Waals surface area contributed by atoms with Crippen LogP contribution in [-0.2, 0) is 0 Å². The molecule has 78 valence electrons. The fourth-order valence-electron chi connectivity index (χ4n) is 0.866. The molecule has 0 fully saturated rings. The molecule has 4 nitrogen and oxygen atoms in total. The Morgan fingerprint density at radius 1 is 1.60 bits per heavy atom. The lowest BCUT2D eigenvalue weighted by molar-refractivity contribution is 0.0696. The Balaban J connectivity index is 3.02. The number of nitrogens with zero attached hydrogens (tertiary/aromatic N) is 1. The average molecular weight is 226 g/mol. The molecule has 0 bridgehead atoms. The third-order valence-corrected chi connectivity index (χ3v) is 1.85. The maximum atomic E-state index is 10.6. The molecular weight excluding hydrogens is 218 g/mol. The van der Waals surface area contributed by atoms with Crippen LogP contribution in [0.15, 0.2) is 12.3 Å². The van der Waals surface area contributed by atoms with Crippen molar-refractivity contribution in [3.63, 3.8) is 0 Å². The number of carboxylic acids is 1. The standard InChI is InChI=1S/C10H8ClNO3/c11-9-7(3-1-2-4-13)5-8(6-12-9)10(14)15/h5-6,13H,2,4H2,(H,14,15). The second kappa shape index (κ2) is 5.35. The van der Waals surface area contributed by atoms with Gasteiger partial charge in [0.1, 0.15) is 5.15 Å². The first kappa shape index (κ1) is 11.5. The topological polar surface area (TPSA) is 70.4 Å². The molecule has 0 aliphatic carbocycles. The molecule has 0 saturated carbocycles. The normalized spacial score (nSPS) is 9.20. The number of carbonyl (C=O) groups is 1. The van der Waals surface area contributed by atoms with Gasteiger partial charge in [0, 0.05) is 12.6 Å². The van der Waals surface area contributed by atoms with Crippen LogP contribution in [-0.4, -0.2) is 27.8 Å². The van der Waals surface area contributed by atoms with Gasteiger partial charge in [0.2, 0.25) is 0 Å². The van der Waals surface area contributed by atoms with Gasteiger partial charge in [-0.1, -0.05) is 23.4 Å². The predicted molar refractivity (Wildman–Crippen MR) is 54.8 cm³/mol. The van der Waals surface area contributed by atoms with Crippen molar-refractivity contribution in [1.29, 1.82) is 0 Å². The van der Waals surface area contributed by atoms with Crippen molar-refractivity contribution in [3.8, 4) is 11.8 Å². The molecule has 1 heterocycles. The largest absolute Gasteiger partial charge is 0.478 e. The molecule has 0 spiro atoms. The summed E-state index contributed by atoms with van der Waals surface area (Å²) in [6, 6.07) is 1.35. The number of carboxylic acid groups (broad SMARTS) is 1. The first-order valence-corrected chi connectivity index (χ1v) is 4.51. The highest BCUT2D eigenvalue weighted by Crippen LogP contribution is 2.13. The lowest BCUT2D eigenvalue weighted by atomic mass is 10.2. The number of hydrogen-bond acceptors (Lipinski definition) is 3. The minimum absolute atomic E-state index is 0.0349. The number of aliphatic hydroxyl groups excluding tert-OH is 1. The van der Waals surface area contributed by atoms with Crippen LogP contribution in [0.25, 0.3) is 0 Å². The third kappa shape index (κ3) is 3.24. The maximum Gasteiger partial charge on any atom is 0.337 e. The minimum Gasteiger partial charge on any atom is -0.478 e. The highest BCUT2D eigenvalue weighted by atomic mass is 35.5. The van der Waals surface area contributed by atoms with E-state index >= 15 is 0 Å². The molecule has 0 aromatic carbocycles. The number of rotatable bonds is 2. The van der Waals surface area contributed by atoms with Gasteiger partial charge < -0.3 is 10.2 Å². The smallest absolute Gasteiger partial charge is 0.337 e. The Hall–Kier alpha value is -1.57. The van der Waals surface area contributed by atoms with Crippen molar-refractivity contribution in [2.45, 2.75) is 6.42 Å². The van der Waals surface area contributed by atoms with Crippen molar-refractivity contribution in [3.05, 3.63) is 28.5 Å². The lowest BCUT2D eigenvalue weighted by Gasteiger charge is -1.97. The summed E-state index contributed by atoms with van der Waals surface area (Å²) in [5.74, 6) is 4.20. The van der Waals surface area contributed by atoms with Gasteiger partial charge in [-0.2, -0.15) is 0 Å². The number of hydrogen-bond donors (Lipinski definition) is 2. The molecule has 5 heteroatoms. The molecular formula is C10H8ClNO3. The first-order chi connectivity index (χ1) is 7.15. The van der Waals surface area contributed by atoms with E-state index in [9.17, 15) is 4.79 Å². The summed E-state index contributed by atoms with van der Waals surface area (Å²) in [7, 11) is 0. The Kier molecular flexibility index (Phi) is 4.10. The first-order valence-electron chi connectivity index (χ1n) is 4.13. The van der Waals surface area contributed by atoms with E-state index in [4.69, 9.17) is 21.8 Å². The van der Waals surface area contributed by atoms with Gasteiger partial charge in [0.25, 0.3) is 0 Å². The van der Waals surface area contributed by atoms with E-state index in [1.807, 2.05) is 0 Å². The monoisotopic (exact) mass is 225 g/mol. The summed E-state index contributed by atoms with van der Waals surface area (Å²) >= 11 is 5.71. The molecule has 15 heavy (non-hydrogen) atoms. The highest BCUT2D eigenvalue weighted by Gasteiger charge is 2.06. The molecule has 0 aliphatic heterocycles. The molecule has 1 aromatic rings. The van der Waals surface area contributed by atoms with Gasteiger partial charge in [-0.3, -0.25) is 0 Å². The van der Waals surface area contributed by atoms with Crippen molar-refractivity contribution in [1.82, 2.24) is 4.98 Å². The van der Waals surface area contributed by atoms with E-state index in [-0.39, 0.29) is 17.3 Å². The van der Waals surface area contributed by atoms with Gasteiger partial charge in [-0.05, 0) is 6.07 Å². The predicted octanol–water partition coefficient (Wildman–Crippen LogP) is 1.17. The zero-order valence-electron chi connectivity index (χ0n) is 7.70. The molecule has 0 radical (unpaired) electrons. The van der Waals surface area contributed by atoms with Crippen molar-refractivity contribution in [2.75, 3.05) is 6.61 Å². The van der Waals surface area contributed by atoms with E-state index in [1.54, 1.807) is 0 Å². The van der Waals surface area contributed by atoms with Crippen molar-refractivity contribution in [2.24, 2.45) is 0 Å². The van der Waals surface area contributed by atoms with Crippen LogP contribution >= 0.6 is 11.6 Å². The average Bonchev–Trinajstić information content (AvgIpc) is 2.20. The number of aromatic carboxylic acids is 1. The second-order valence-corrected chi connectivity index (χ2v) is 3.00. The zero-order chi connectivity index (χ0) is 11.3. The van der Waals surface area contributed by atoms with Crippen LogP contribution in [0.3, 0.4) is 0 Å². The highest BCUT2D eigenvalue weighted by molar-refractivity contribution is 6.30. The Labute approximate surface area is 91.5 Å². The van der Waals surface area contributed by atoms with E-state index in [0.29, 0.717) is 12.0 Å². The van der Waals surface area contributed by atoms with Crippen molar-refractivity contribution >= 4 is 17.6 Å². The summed E-state index contributed by atoms with van der Waals surface area (Å²) in [5.41, 5.74) is 0.387. The molecule has 0 saturated heterocycles. The van der Waals surface area contributed by atoms with Crippen LogP contribution < -0.4 is 0 Å². The Morgan fingerprint density at radius 2 is 2.33 bits per heavy atom. The SMILES string of the molecule is O=C(O)c1cnc(Cl)c(C#CCCO)c1. The molecule has 0 amide bonds. The van der Waals surface area contributed by atoms with Crippen LogP contribution in [0.1, 0.15) is 22.3 Å².